The summed E-state index contributed by atoms with van der Waals surface area (Å²) in [6.45, 7) is 136. The van der Waals surface area contributed by atoms with Crippen LogP contribution in [0, 0.1) is 14.9 Å². The third-order valence-corrected chi connectivity index (χ3v) is 0. The minimum absolute atomic E-state index is 0. The average molecular weight is 1340 g/mol. The molecule has 0 fully saturated rings. The molecule has 85 heavy (non-hydrogen) atoms. The van der Waals surface area contributed by atoms with Crippen molar-refractivity contribution in [3.8, 4) is 0 Å². The Morgan fingerprint density at radius 3 is 0.106 bits per heavy atom. The van der Waals surface area contributed by atoms with Gasteiger partial charge in [0.15, 0.2) is 0 Å². The van der Waals surface area contributed by atoms with Crippen LogP contribution in [-0.4, -0.2) is 0 Å². The van der Waals surface area contributed by atoms with E-state index in [1.54, 1.807) is 0 Å². The Morgan fingerprint density at radius 2 is 0.106 bits per heavy atom. The Kier molecular flexibility index (Phi) is 8310. The molecule has 0 rings (SSSR count). The summed E-state index contributed by atoms with van der Waals surface area (Å²) in [5.74, 6) is 0. The maximum absolute atomic E-state index is 2.12. The molecular formula is C83H236V2. The fourth-order valence-corrected chi connectivity index (χ4v) is 0. The minimum Gasteiger partial charge on any atom is -0.358 e. The molecule has 0 bridgehead atoms. The van der Waals surface area contributed by atoms with Crippen molar-refractivity contribution in [3.63, 3.8) is 0 Å². The van der Waals surface area contributed by atoms with Crippen LogP contribution in [0.4, 0.5) is 0 Å². The summed E-state index contributed by atoms with van der Waals surface area (Å²) in [7, 11) is 0. The minimum atomic E-state index is 0. The largest absolute Gasteiger partial charge is 2.00 e. The van der Waals surface area contributed by atoms with Crippen molar-refractivity contribution in [2.45, 2.75) is 554 Å². The Balaban J connectivity index is -0.00000000745. The first kappa shape index (κ1) is 269. The molecule has 0 atom stereocenters. The van der Waals surface area contributed by atoms with E-state index < -0.39 is 0 Å². The molecule has 0 heterocycles. The van der Waals surface area contributed by atoms with E-state index in [9.17, 15) is 0 Å². The maximum Gasteiger partial charge on any atom is 2.00 e. The molecule has 0 aliphatic carbocycles. The summed E-state index contributed by atoms with van der Waals surface area (Å²) in [6, 6.07) is 0. The molecule has 0 aliphatic rings. The third kappa shape index (κ3) is 431000. The molecule has 0 aromatic heterocycles. The average Bonchev–Trinajstić information content (AvgIpc) is 3.53. The second-order valence-electron chi connectivity index (χ2n) is 9.90. The number of hydrogen-bond acceptors (Lipinski definition) is 0. The summed E-state index contributed by atoms with van der Waals surface area (Å²) in [4.78, 5) is 0. The van der Waals surface area contributed by atoms with E-state index in [2.05, 4.69) is 194 Å². The molecule has 0 aliphatic heterocycles. The van der Waals surface area contributed by atoms with Gasteiger partial charge in [-0.15, -0.1) is 0 Å². The zero-order valence-corrected chi connectivity index (χ0v) is 81.6. The van der Waals surface area contributed by atoms with Crippen LogP contribution in [0.15, 0.2) is 0 Å². The monoisotopic (exact) mass is 1340 g/mol. The van der Waals surface area contributed by atoms with Gasteiger partial charge in [0.25, 0.3) is 0 Å². The summed E-state index contributed by atoms with van der Waals surface area (Å²) >= 11 is 0. The first-order chi connectivity index (χ1) is 38.8. The Labute approximate surface area is 602 Å². The molecule has 0 saturated carbocycles. The zero-order valence-electron chi connectivity index (χ0n) is 78.8. The van der Waals surface area contributed by atoms with E-state index >= 15 is 0 Å². The van der Waals surface area contributed by atoms with Crippen molar-refractivity contribution in [3.05, 3.63) is 14.9 Å². The van der Waals surface area contributed by atoms with Gasteiger partial charge in [0, 0.05) is 18.6 Å². The molecular weight excluding hydrogens is 1100 g/mol. The normalized spacial score (nSPS) is 4.31. The van der Waals surface area contributed by atoms with Crippen molar-refractivity contribution in [2.75, 3.05) is 0 Å². The van der Waals surface area contributed by atoms with Crippen LogP contribution in [0.2, 0.25) is 0 Å². The second kappa shape index (κ2) is 2620. The summed E-state index contributed by atoms with van der Waals surface area (Å²) < 4.78 is 0. The van der Waals surface area contributed by atoms with Gasteiger partial charge in [-0.25, -0.2) is 0 Å². The molecule has 0 nitrogen and oxygen atoms in total. The molecule has 0 aromatic rings. The van der Waals surface area contributed by atoms with Crippen molar-refractivity contribution in [2.24, 2.45) is 0 Å². The van der Waals surface area contributed by atoms with Crippen LogP contribution in [-0.2, 0) is 37.1 Å². The molecule has 0 amide bonds. The Morgan fingerprint density at radius 1 is 0.106 bits per heavy atom. The van der Waals surface area contributed by atoms with Crippen LogP contribution >= 0.6 is 0 Å². The van der Waals surface area contributed by atoms with Gasteiger partial charge in [0.05, 0.1) is 0 Å². The standard InChI is InChI=1S/14C3H8.19C2H6.CH4.2CH3.2V/c14*1-3-2;19*1-2;;;;;/h14*3H2,1-2H3;19*1-2H3;1H4;2*1H3;;/q;;;;;;;;;;;;;;;;;;;;;;;;;;;;;;;;;;2*-1;;+2. The van der Waals surface area contributed by atoms with E-state index in [0.717, 1.165) is 0 Å². The Hall–Kier alpha value is 1.17. The maximum atomic E-state index is 2.12. The molecule has 0 spiro atoms. The Bertz CT molecular complexity index is 67.0. The molecule has 0 aromatic carbocycles. The molecule has 578 valence electrons. The van der Waals surface area contributed by atoms with Crippen LogP contribution < -0.4 is 0 Å². The fourth-order valence-electron chi connectivity index (χ4n) is 0. The third-order valence-electron chi connectivity index (χ3n) is 0. The summed E-state index contributed by atoms with van der Waals surface area (Å²) in [5.41, 5.74) is 0. The SMILES string of the molecule is C.CC.CC.CC.CC.CC.CC.CC.CC.CC.CC.CC.CC.CC.CC.CC.CC.CC.CC.CC.CCC.CCC.CCC.CCC.CCC.CCC.CCC.CCC.CCC.CCC.CCC.CCC.CCC.CCC.[CH3-].[CH3-].[V+2].[V]. The second-order valence-corrected chi connectivity index (χ2v) is 9.90. The van der Waals surface area contributed by atoms with Crippen molar-refractivity contribution in [1.82, 2.24) is 0 Å². The quantitative estimate of drug-likeness (QED) is 0.212. The predicted molar refractivity (Wildman–Crippen MR) is 459 cm³/mol. The molecule has 2 heteroatoms. The van der Waals surface area contributed by atoms with Crippen LogP contribution in [0.3, 0.4) is 0 Å². The molecule has 0 saturated heterocycles. The topological polar surface area (TPSA) is 0 Å². The van der Waals surface area contributed by atoms with E-state index in [0.29, 0.717) is 0 Å². The van der Waals surface area contributed by atoms with Crippen molar-refractivity contribution in [1.29, 1.82) is 0 Å². The molecule has 2 radical (unpaired) electrons. The fraction of sp³-hybridized carbons (Fsp3) is 0.976. The predicted octanol–water partition coefficient (Wildman–Crippen LogP) is 40.9. The number of rotatable bonds is 0. The van der Waals surface area contributed by atoms with Gasteiger partial charge in [0.1, 0.15) is 0 Å². The summed E-state index contributed by atoms with van der Waals surface area (Å²) in [5, 5.41) is 0. The van der Waals surface area contributed by atoms with Gasteiger partial charge in [-0.1, -0.05) is 554 Å². The first-order valence-corrected chi connectivity index (χ1v) is 38.8. The van der Waals surface area contributed by atoms with Crippen molar-refractivity contribution < 1.29 is 37.1 Å². The van der Waals surface area contributed by atoms with E-state index in [1.165, 1.54) is 89.9 Å². The summed E-state index contributed by atoms with van der Waals surface area (Å²) in [6.07, 6.45) is 17.5. The first-order valence-electron chi connectivity index (χ1n) is 38.8. The van der Waals surface area contributed by atoms with Crippen LogP contribution in [0.25, 0.3) is 0 Å². The zero-order chi connectivity index (χ0) is 75.9. The van der Waals surface area contributed by atoms with Gasteiger partial charge in [-0.3, -0.25) is 0 Å². The van der Waals surface area contributed by atoms with Crippen molar-refractivity contribution >= 4 is 0 Å². The van der Waals surface area contributed by atoms with Gasteiger partial charge in [-0.05, 0) is 0 Å². The number of hydrogen-bond donors (Lipinski definition) is 0. The van der Waals surface area contributed by atoms with Gasteiger partial charge < -0.3 is 14.9 Å². The van der Waals surface area contributed by atoms with Gasteiger partial charge in [-0.2, -0.15) is 0 Å². The molecule has 0 unspecified atom stereocenters. The smallest absolute Gasteiger partial charge is 0.358 e. The molecule has 0 N–H and O–H groups in total. The van der Waals surface area contributed by atoms with Gasteiger partial charge >= 0.3 is 18.6 Å². The van der Waals surface area contributed by atoms with Crippen LogP contribution in [0.5, 0.6) is 0 Å². The van der Waals surface area contributed by atoms with E-state index in [4.69, 9.17) is 0 Å². The van der Waals surface area contributed by atoms with E-state index in [-0.39, 0.29) is 59.4 Å². The van der Waals surface area contributed by atoms with E-state index in [1.807, 2.05) is 263 Å². The van der Waals surface area contributed by atoms with Crippen LogP contribution in [0.1, 0.15) is 554 Å². The van der Waals surface area contributed by atoms with Gasteiger partial charge in [0.2, 0.25) is 0 Å².